The minimum Gasteiger partial charge on any atom is -0.494 e. The number of aromatic nitrogens is 2. The highest BCUT2D eigenvalue weighted by molar-refractivity contribution is 7.73. The van der Waals surface area contributed by atoms with Crippen LogP contribution in [0.15, 0.2) is 18.2 Å². The molecule has 0 saturated heterocycles. The lowest BCUT2D eigenvalue weighted by Gasteiger charge is -2.05. The molecule has 0 aliphatic rings. The van der Waals surface area contributed by atoms with Crippen molar-refractivity contribution < 1.29 is 9.13 Å². The van der Waals surface area contributed by atoms with Gasteiger partial charge in [0, 0.05) is 11.8 Å². The lowest BCUT2D eigenvalue weighted by molar-refractivity contribution is 0.387. The van der Waals surface area contributed by atoms with Gasteiger partial charge in [-0.25, -0.2) is 4.39 Å². The van der Waals surface area contributed by atoms with Gasteiger partial charge in [0.15, 0.2) is 15.5 Å². The van der Waals surface area contributed by atoms with E-state index in [9.17, 15) is 4.39 Å². The molecule has 1 heterocycles. The smallest absolute Gasteiger partial charge is 0.208 e. The van der Waals surface area contributed by atoms with Crippen LogP contribution < -0.4 is 10.1 Å². The van der Waals surface area contributed by atoms with Gasteiger partial charge in [0.05, 0.1) is 7.11 Å². The first-order valence-electron chi connectivity index (χ1n) is 4.35. The first-order chi connectivity index (χ1) is 7.69. The molecular weight excluding hydrogens is 249 g/mol. The van der Waals surface area contributed by atoms with E-state index in [-0.39, 0.29) is 5.75 Å². The summed E-state index contributed by atoms with van der Waals surface area (Å²) in [5, 5.41) is 10.2. The van der Waals surface area contributed by atoms with Crippen molar-refractivity contribution in [3.8, 4) is 5.75 Å². The number of H-pyrrole nitrogens is 1. The number of halogens is 1. The minimum absolute atomic E-state index is 0.184. The fourth-order valence-electron chi connectivity index (χ4n) is 1.14. The molecule has 0 atom stereocenters. The van der Waals surface area contributed by atoms with Crippen LogP contribution in [0.25, 0.3) is 0 Å². The summed E-state index contributed by atoms with van der Waals surface area (Å²) in [5.74, 6) is -0.216. The molecule has 0 fully saturated rings. The lowest BCUT2D eigenvalue weighted by Crippen LogP contribution is -1.93. The van der Waals surface area contributed by atoms with Crippen LogP contribution in [0.5, 0.6) is 5.75 Å². The summed E-state index contributed by atoms with van der Waals surface area (Å²) in [5.41, 5.74) is 0.691. The average Bonchev–Trinajstić information content (AvgIpc) is 2.67. The molecule has 2 rings (SSSR count). The summed E-state index contributed by atoms with van der Waals surface area (Å²) in [4.78, 5) is 0. The Kier molecular flexibility index (Phi) is 3.16. The Morgan fingerprint density at radius 1 is 1.56 bits per heavy atom. The van der Waals surface area contributed by atoms with Crippen LogP contribution in [0.2, 0.25) is 0 Å². The van der Waals surface area contributed by atoms with Crippen LogP contribution >= 0.6 is 23.6 Å². The van der Waals surface area contributed by atoms with Crippen molar-refractivity contribution in [3.63, 3.8) is 0 Å². The van der Waals surface area contributed by atoms with Gasteiger partial charge >= 0.3 is 0 Å². The predicted molar refractivity (Wildman–Crippen MR) is 63.5 cm³/mol. The highest BCUT2D eigenvalue weighted by atomic mass is 32.1. The van der Waals surface area contributed by atoms with E-state index >= 15 is 0 Å². The molecule has 0 radical (unpaired) electrons. The van der Waals surface area contributed by atoms with E-state index in [0.717, 1.165) is 0 Å². The van der Waals surface area contributed by atoms with E-state index in [2.05, 4.69) is 15.5 Å². The number of nitrogens with zero attached hydrogens (tertiary/aromatic N) is 1. The molecule has 1 aromatic heterocycles. The molecule has 4 nitrogen and oxygen atoms in total. The van der Waals surface area contributed by atoms with Gasteiger partial charge in [0.25, 0.3) is 0 Å². The molecule has 16 heavy (non-hydrogen) atoms. The van der Waals surface area contributed by atoms with Gasteiger partial charge < -0.3 is 10.1 Å². The third kappa shape index (κ3) is 2.37. The third-order valence-electron chi connectivity index (χ3n) is 1.84. The Morgan fingerprint density at radius 2 is 2.38 bits per heavy atom. The second-order valence-corrected chi connectivity index (χ2v) is 4.56. The van der Waals surface area contributed by atoms with Crippen molar-refractivity contribution >= 4 is 34.4 Å². The number of aromatic amines is 1. The molecule has 0 saturated carbocycles. The maximum Gasteiger partial charge on any atom is 0.208 e. The Labute approximate surface area is 100 Å². The Hall–Kier alpha value is -1.47. The van der Waals surface area contributed by atoms with E-state index < -0.39 is 5.82 Å². The zero-order chi connectivity index (χ0) is 11.5. The SMILES string of the molecule is COc1cc(Nc2n[nH]c(=S)s2)ccc1F. The normalized spacial score (nSPS) is 10.1. The van der Waals surface area contributed by atoms with Gasteiger partial charge in [-0.1, -0.05) is 11.3 Å². The monoisotopic (exact) mass is 257 g/mol. The Balaban J connectivity index is 2.25. The third-order valence-corrected chi connectivity index (χ3v) is 2.85. The maximum atomic E-state index is 13.1. The number of methoxy groups -OCH3 is 1. The van der Waals surface area contributed by atoms with E-state index in [1.807, 2.05) is 0 Å². The van der Waals surface area contributed by atoms with E-state index in [1.54, 1.807) is 12.1 Å². The summed E-state index contributed by atoms with van der Waals surface area (Å²) in [6, 6.07) is 4.48. The van der Waals surface area contributed by atoms with Gasteiger partial charge in [-0.2, -0.15) is 0 Å². The van der Waals surface area contributed by atoms with Crippen LogP contribution in [0.4, 0.5) is 15.2 Å². The van der Waals surface area contributed by atoms with Crippen LogP contribution in [-0.4, -0.2) is 17.3 Å². The first kappa shape index (κ1) is 11.0. The fourth-order valence-corrected chi connectivity index (χ4v) is 1.95. The topological polar surface area (TPSA) is 49.9 Å². The summed E-state index contributed by atoms with van der Waals surface area (Å²) >= 11 is 6.20. The number of ether oxygens (including phenoxy) is 1. The van der Waals surface area contributed by atoms with Crippen molar-refractivity contribution in [1.82, 2.24) is 10.2 Å². The molecule has 2 aromatic rings. The summed E-state index contributed by atoms with van der Waals surface area (Å²) in [6.45, 7) is 0. The molecular formula is C9H8FN3OS2. The van der Waals surface area contributed by atoms with Crippen LogP contribution in [0.1, 0.15) is 0 Å². The van der Waals surface area contributed by atoms with E-state index in [1.165, 1.54) is 24.5 Å². The van der Waals surface area contributed by atoms with Gasteiger partial charge in [-0.3, -0.25) is 5.10 Å². The van der Waals surface area contributed by atoms with Gasteiger partial charge in [0.2, 0.25) is 5.13 Å². The number of hydrogen-bond donors (Lipinski definition) is 2. The molecule has 0 unspecified atom stereocenters. The first-order valence-corrected chi connectivity index (χ1v) is 5.57. The number of nitrogens with one attached hydrogen (secondary N) is 2. The van der Waals surface area contributed by atoms with Gasteiger partial charge in [-0.15, -0.1) is 5.10 Å². The second-order valence-electron chi connectivity index (χ2n) is 2.89. The van der Waals surface area contributed by atoms with Crippen LogP contribution in [-0.2, 0) is 0 Å². The molecule has 0 aliphatic heterocycles. The molecule has 7 heteroatoms. The summed E-state index contributed by atoms with van der Waals surface area (Å²) < 4.78 is 18.6. The molecule has 2 N–H and O–H groups in total. The lowest BCUT2D eigenvalue weighted by atomic mass is 10.3. The molecule has 1 aromatic carbocycles. The molecule has 0 bridgehead atoms. The summed E-state index contributed by atoms with van der Waals surface area (Å²) in [7, 11) is 1.42. The van der Waals surface area contributed by atoms with Crippen LogP contribution in [0, 0.1) is 9.77 Å². The number of rotatable bonds is 3. The standard InChI is InChI=1S/C9H8FN3OS2/c1-14-7-4-5(2-3-6(7)10)11-8-12-13-9(15)16-8/h2-4H,1H3,(H,11,12)(H,13,15). The zero-order valence-corrected chi connectivity index (χ0v) is 9.91. The number of anilines is 2. The van der Waals surface area contributed by atoms with Gasteiger partial charge in [-0.05, 0) is 24.4 Å². The zero-order valence-electron chi connectivity index (χ0n) is 8.28. The predicted octanol–water partition coefficient (Wildman–Crippen LogP) is 3.09. The number of benzene rings is 1. The van der Waals surface area contributed by atoms with E-state index in [4.69, 9.17) is 17.0 Å². The quantitative estimate of drug-likeness (QED) is 0.830. The molecule has 84 valence electrons. The molecule has 0 amide bonds. The Bertz CT molecular complexity index is 552. The van der Waals surface area contributed by atoms with Crippen molar-refractivity contribution in [2.24, 2.45) is 0 Å². The number of hydrogen-bond acceptors (Lipinski definition) is 5. The van der Waals surface area contributed by atoms with Crippen molar-refractivity contribution in [3.05, 3.63) is 28.0 Å². The second kappa shape index (κ2) is 4.58. The van der Waals surface area contributed by atoms with Crippen LogP contribution in [0.3, 0.4) is 0 Å². The Morgan fingerprint density at radius 3 is 3.00 bits per heavy atom. The molecule has 0 aliphatic carbocycles. The van der Waals surface area contributed by atoms with Gasteiger partial charge in [0.1, 0.15) is 0 Å². The van der Waals surface area contributed by atoms with Crippen molar-refractivity contribution in [1.29, 1.82) is 0 Å². The average molecular weight is 257 g/mol. The summed E-state index contributed by atoms with van der Waals surface area (Å²) in [6.07, 6.45) is 0. The fraction of sp³-hybridized carbons (Fsp3) is 0.111. The largest absolute Gasteiger partial charge is 0.494 e. The highest BCUT2D eigenvalue weighted by Gasteiger charge is 2.04. The highest BCUT2D eigenvalue weighted by Crippen LogP contribution is 2.24. The van der Waals surface area contributed by atoms with Crippen molar-refractivity contribution in [2.75, 3.05) is 12.4 Å². The molecule has 0 spiro atoms. The minimum atomic E-state index is -0.400. The maximum absolute atomic E-state index is 13.1. The van der Waals surface area contributed by atoms with E-state index in [0.29, 0.717) is 14.8 Å². The van der Waals surface area contributed by atoms with Crippen molar-refractivity contribution in [2.45, 2.75) is 0 Å².